The zero-order chi connectivity index (χ0) is 17.6. The summed E-state index contributed by atoms with van der Waals surface area (Å²) in [5, 5.41) is 4.40. The van der Waals surface area contributed by atoms with E-state index in [1.54, 1.807) is 37.4 Å². The number of carbonyl (C=O) groups is 1. The number of halogens is 2. The van der Waals surface area contributed by atoms with Crippen molar-refractivity contribution in [2.24, 2.45) is 0 Å². The first kappa shape index (κ1) is 16.0. The molecule has 0 unspecified atom stereocenters. The van der Waals surface area contributed by atoms with Gasteiger partial charge in [-0.25, -0.2) is 0 Å². The normalized spacial score (nSPS) is 17.3. The Morgan fingerprint density at radius 2 is 2.16 bits per heavy atom. The maximum Gasteiger partial charge on any atom is 0.737 e. The molecule has 0 atom stereocenters. The van der Waals surface area contributed by atoms with Crippen molar-refractivity contribution in [2.45, 2.75) is 12.8 Å². The molecule has 128 valence electrons. The van der Waals surface area contributed by atoms with Crippen LogP contribution in [-0.4, -0.2) is 34.6 Å². The second kappa shape index (κ2) is 5.80. The third kappa shape index (κ3) is 2.48. The average Bonchev–Trinajstić information content (AvgIpc) is 3.31. The number of amides is 1. The first-order chi connectivity index (χ1) is 12.0. The standard InChI is InChI=1S/C17H16BF2N3OS/c1-21-17(24)9-7-12-4-5-13-11-14-6-8-15(16-3-2-10-25-16)23(14)18(19,20)22(12)13/h2-6,8,10-11H,7,9H2,1H3,(H,21,24). The number of hydrogen-bond donors (Lipinski definition) is 1. The monoisotopic (exact) mass is 359 g/mol. The molecule has 2 aromatic heterocycles. The lowest BCUT2D eigenvalue weighted by Crippen LogP contribution is -2.50. The van der Waals surface area contributed by atoms with Gasteiger partial charge in [0.05, 0.1) is 4.88 Å². The predicted octanol–water partition coefficient (Wildman–Crippen LogP) is 2.88. The van der Waals surface area contributed by atoms with E-state index in [0.717, 1.165) is 13.8 Å². The highest BCUT2D eigenvalue weighted by Gasteiger charge is 2.52. The van der Waals surface area contributed by atoms with Crippen LogP contribution in [0.1, 0.15) is 22.7 Å². The summed E-state index contributed by atoms with van der Waals surface area (Å²) in [7, 11) is 1.54. The number of hydrogen-bond acceptors (Lipinski definition) is 2. The molecule has 4 heterocycles. The van der Waals surface area contributed by atoms with E-state index in [1.165, 1.54) is 11.3 Å². The second-order valence-corrected chi connectivity index (χ2v) is 6.96. The molecule has 4 rings (SSSR count). The molecule has 0 saturated heterocycles. The van der Waals surface area contributed by atoms with Gasteiger partial charge in [-0.2, -0.15) is 0 Å². The molecule has 1 amide bonds. The number of thiophene rings is 1. The maximum atomic E-state index is 15.4. The Labute approximate surface area is 147 Å². The van der Waals surface area contributed by atoms with E-state index >= 15 is 8.63 Å². The minimum Gasteiger partial charge on any atom is -0.394 e. The van der Waals surface area contributed by atoms with E-state index in [9.17, 15) is 4.79 Å². The zero-order valence-corrected chi connectivity index (χ0v) is 14.4. The van der Waals surface area contributed by atoms with Crippen LogP contribution >= 0.6 is 11.3 Å². The number of nitrogens with one attached hydrogen (secondary N) is 1. The summed E-state index contributed by atoms with van der Waals surface area (Å²) in [4.78, 5) is 12.3. The van der Waals surface area contributed by atoms with Gasteiger partial charge in [0.2, 0.25) is 5.91 Å². The molecule has 0 spiro atoms. The van der Waals surface area contributed by atoms with Gasteiger partial charge in [-0.3, -0.25) is 4.79 Å². The Morgan fingerprint density at radius 3 is 2.88 bits per heavy atom. The van der Waals surface area contributed by atoms with Gasteiger partial charge in [-0.1, -0.05) is 6.07 Å². The molecule has 0 bridgehead atoms. The molecule has 2 aliphatic heterocycles. The summed E-state index contributed by atoms with van der Waals surface area (Å²) in [6.45, 7) is -4.02. The topological polar surface area (TPSA) is 37.0 Å². The fourth-order valence-corrected chi connectivity index (χ4v) is 4.14. The lowest BCUT2D eigenvalue weighted by atomic mass is 9.90. The highest BCUT2D eigenvalue weighted by atomic mass is 32.1. The Hall–Kier alpha value is -2.48. The summed E-state index contributed by atoms with van der Waals surface area (Å²) in [6.07, 6.45) is 5.69. The molecule has 0 aromatic carbocycles. The van der Waals surface area contributed by atoms with Crippen LogP contribution in [0.2, 0.25) is 0 Å². The number of carbonyl (C=O) groups excluding carboxylic acids is 1. The van der Waals surface area contributed by atoms with E-state index < -0.39 is 6.97 Å². The molecule has 1 N–H and O–H groups in total. The van der Waals surface area contributed by atoms with E-state index in [0.29, 0.717) is 22.8 Å². The smallest absolute Gasteiger partial charge is 0.394 e. The molecule has 8 heteroatoms. The zero-order valence-electron chi connectivity index (χ0n) is 13.6. The highest BCUT2D eigenvalue weighted by Crippen LogP contribution is 2.34. The van der Waals surface area contributed by atoms with Gasteiger partial charge in [0, 0.05) is 37.4 Å². The van der Waals surface area contributed by atoms with Crippen LogP contribution < -0.4 is 5.32 Å². The van der Waals surface area contributed by atoms with Crippen molar-refractivity contribution in [3.05, 3.63) is 63.8 Å². The summed E-state index contributed by atoms with van der Waals surface area (Å²) < 4.78 is 33.1. The SMILES string of the molecule is CNC(=O)CCc1ccc2n1[B-](F)(F)[N+]1=C(c3cccs3)C=CC1=C2. The summed E-state index contributed by atoms with van der Waals surface area (Å²) in [5.41, 5.74) is 1.95. The molecule has 2 aliphatic rings. The summed E-state index contributed by atoms with van der Waals surface area (Å²) >= 11 is 1.44. The summed E-state index contributed by atoms with van der Waals surface area (Å²) in [6, 6.07) is 7.07. The van der Waals surface area contributed by atoms with Crippen molar-refractivity contribution in [3.8, 4) is 0 Å². The number of rotatable bonds is 4. The summed E-state index contributed by atoms with van der Waals surface area (Å²) in [5.74, 6) is -0.160. The van der Waals surface area contributed by atoms with Gasteiger partial charge in [0.1, 0.15) is 0 Å². The van der Waals surface area contributed by atoms with E-state index in [1.807, 2.05) is 17.5 Å². The van der Waals surface area contributed by atoms with Crippen LogP contribution in [0, 0.1) is 0 Å². The molecule has 0 fully saturated rings. The third-order valence-corrected chi connectivity index (χ3v) is 5.45. The van der Waals surface area contributed by atoms with Gasteiger partial charge in [0.25, 0.3) is 0 Å². The Balaban J connectivity index is 1.80. The van der Waals surface area contributed by atoms with E-state index in [4.69, 9.17) is 0 Å². The van der Waals surface area contributed by atoms with Gasteiger partial charge >= 0.3 is 6.97 Å². The van der Waals surface area contributed by atoms with Gasteiger partial charge in [-0.15, -0.1) is 11.3 Å². The lowest BCUT2D eigenvalue weighted by molar-refractivity contribution is -0.360. The fourth-order valence-electron chi connectivity index (χ4n) is 3.40. The molecule has 0 aliphatic carbocycles. The first-order valence-corrected chi connectivity index (χ1v) is 8.93. The minimum absolute atomic E-state index is 0.160. The van der Waals surface area contributed by atoms with Crippen LogP contribution in [0.25, 0.3) is 6.08 Å². The minimum atomic E-state index is -4.02. The van der Waals surface area contributed by atoms with Crippen LogP contribution in [0.4, 0.5) is 8.63 Å². The Bertz CT molecular complexity index is 941. The van der Waals surface area contributed by atoms with Crippen molar-refractivity contribution in [1.82, 2.24) is 9.79 Å². The molecule has 0 saturated carbocycles. The van der Waals surface area contributed by atoms with Crippen LogP contribution in [-0.2, 0) is 11.2 Å². The number of aromatic nitrogens is 1. The number of nitrogens with zero attached hydrogens (tertiary/aromatic N) is 2. The Kier molecular flexibility index (Phi) is 3.72. The largest absolute Gasteiger partial charge is 0.737 e. The second-order valence-electron chi connectivity index (χ2n) is 6.02. The number of allylic oxidation sites excluding steroid dienone is 2. The van der Waals surface area contributed by atoms with E-state index in [2.05, 4.69) is 5.32 Å². The molecule has 2 aromatic rings. The average molecular weight is 359 g/mol. The van der Waals surface area contributed by atoms with Crippen molar-refractivity contribution in [3.63, 3.8) is 0 Å². The number of aryl methyl sites for hydroxylation is 1. The molecular formula is C17H16BF2N3OS. The van der Waals surface area contributed by atoms with Crippen LogP contribution in [0.15, 0.2) is 47.5 Å². The van der Waals surface area contributed by atoms with Gasteiger partial charge in [-0.05, 0) is 35.7 Å². The molecular weight excluding hydrogens is 343 g/mol. The number of fused-ring (bicyclic) bond motifs is 2. The quantitative estimate of drug-likeness (QED) is 0.838. The lowest BCUT2D eigenvalue weighted by Gasteiger charge is -2.30. The van der Waals surface area contributed by atoms with Gasteiger partial charge in [0.15, 0.2) is 11.4 Å². The van der Waals surface area contributed by atoms with Crippen molar-refractivity contribution in [2.75, 3.05) is 7.05 Å². The van der Waals surface area contributed by atoms with Crippen molar-refractivity contribution < 1.29 is 17.9 Å². The van der Waals surface area contributed by atoms with Crippen molar-refractivity contribution in [1.29, 1.82) is 0 Å². The predicted molar refractivity (Wildman–Crippen MR) is 96.0 cm³/mol. The first-order valence-electron chi connectivity index (χ1n) is 8.05. The van der Waals surface area contributed by atoms with E-state index in [-0.39, 0.29) is 18.7 Å². The van der Waals surface area contributed by atoms with Gasteiger partial charge < -0.3 is 22.9 Å². The fraction of sp³-hybridized carbons (Fsp3) is 0.176. The maximum absolute atomic E-state index is 15.4. The van der Waals surface area contributed by atoms with Crippen LogP contribution in [0.3, 0.4) is 0 Å². The Morgan fingerprint density at radius 1 is 1.32 bits per heavy atom. The molecule has 25 heavy (non-hydrogen) atoms. The third-order valence-electron chi connectivity index (χ3n) is 4.56. The van der Waals surface area contributed by atoms with Crippen LogP contribution in [0.5, 0.6) is 0 Å². The molecule has 0 radical (unpaired) electrons. The van der Waals surface area contributed by atoms with Crippen molar-refractivity contribution >= 4 is 36.0 Å². The highest BCUT2D eigenvalue weighted by molar-refractivity contribution is 7.12. The molecule has 4 nitrogen and oxygen atoms in total.